The first-order valence-electron chi connectivity index (χ1n) is 6.26. The lowest BCUT2D eigenvalue weighted by atomic mass is 10.00. The monoisotopic (exact) mass is 228 g/mol. The Labute approximate surface area is 100 Å². The number of hydrogen-bond donors (Lipinski definition) is 1. The van der Waals surface area contributed by atoms with Crippen molar-refractivity contribution < 1.29 is 4.79 Å². The first-order valence-corrected chi connectivity index (χ1v) is 6.26. The van der Waals surface area contributed by atoms with E-state index in [-0.39, 0.29) is 11.9 Å². The maximum absolute atomic E-state index is 11.9. The van der Waals surface area contributed by atoms with Gasteiger partial charge in [-0.1, -0.05) is 27.7 Å². The van der Waals surface area contributed by atoms with Gasteiger partial charge in [0.15, 0.2) is 0 Å². The Bertz CT molecular complexity index is 214. The summed E-state index contributed by atoms with van der Waals surface area (Å²) in [4.78, 5) is 13.8. The maximum Gasteiger partial charge on any atom is 0.224 e. The van der Waals surface area contributed by atoms with Crippen LogP contribution in [0.4, 0.5) is 0 Å². The van der Waals surface area contributed by atoms with Crippen molar-refractivity contribution in [2.75, 3.05) is 7.05 Å². The molecule has 0 aromatic rings. The molecule has 0 aliphatic heterocycles. The minimum atomic E-state index is -0.0267. The Balaban J connectivity index is 4.17. The quantitative estimate of drug-likeness (QED) is 0.758. The van der Waals surface area contributed by atoms with Crippen molar-refractivity contribution in [3.63, 3.8) is 0 Å². The maximum atomic E-state index is 11.9. The molecule has 0 aliphatic rings. The van der Waals surface area contributed by atoms with Crippen LogP contribution in [-0.4, -0.2) is 29.9 Å². The van der Waals surface area contributed by atoms with Gasteiger partial charge < -0.3 is 10.6 Å². The number of carbonyl (C=O) groups excluding carboxylic acids is 1. The van der Waals surface area contributed by atoms with Gasteiger partial charge in [0.05, 0.1) is 0 Å². The van der Waals surface area contributed by atoms with Crippen LogP contribution in [0.1, 0.15) is 47.5 Å². The molecule has 0 aromatic heterocycles. The van der Waals surface area contributed by atoms with Gasteiger partial charge in [-0.2, -0.15) is 0 Å². The molecule has 1 amide bonds. The molecule has 2 N–H and O–H groups in total. The van der Waals surface area contributed by atoms with E-state index in [1.807, 2.05) is 11.9 Å². The third-order valence-corrected chi connectivity index (χ3v) is 3.13. The van der Waals surface area contributed by atoms with Crippen molar-refractivity contribution >= 4 is 5.91 Å². The van der Waals surface area contributed by atoms with Crippen molar-refractivity contribution in [3.8, 4) is 0 Å². The molecule has 0 fully saturated rings. The molecule has 3 heteroatoms. The van der Waals surface area contributed by atoms with E-state index in [1.165, 1.54) is 0 Å². The fourth-order valence-electron chi connectivity index (χ4n) is 1.67. The van der Waals surface area contributed by atoms with Gasteiger partial charge in [-0.05, 0) is 25.2 Å². The third kappa shape index (κ3) is 5.50. The van der Waals surface area contributed by atoms with Gasteiger partial charge >= 0.3 is 0 Å². The van der Waals surface area contributed by atoms with Crippen LogP contribution in [0.2, 0.25) is 0 Å². The zero-order valence-corrected chi connectivity index (χ0v) is 11.7. The Morgan fingerprint density at radius 3 is 2.06 bits per heavy atom. The van der Waals surface area contributed by atoms with E-state index in [0.717, 1.165) is 6.42 Å². The topological polar surface area (TPSA) is 46.3 Å². The molecule has 2 unspecified atom stereocenters. The lowest BCUT2D eigenvalue weighted by Crippen LogP contribution is -2.40. The molecule has 0 rings (SSSR count). The summed E-state index contributed by atoms with van der Waals surface area (Å²) in [7, 11) is 1.88. The van der Waals surface area contributed by atoms with E-state index in [2.05, 4.69) is 34.6 Å². The molecular weight excluding hydrogens is 200 g/mol. The largest absolute Gasteiger partial charge is 0.343 e. The summed E-state index contributed by atoms with van der Waals surface area (Å²) in [5.74, 6) is 1.14. The van der Waals surface area contributed by atoms with Gasteiger partial charge in [-0.25, -0.2) is 0 Å². The van der Waals surface area contributed by atoms with Gasteiger partial charge in [-0.3, -0.25) is 4.79 Å². The minimum absolute atomic E-state index is 0.0267. The zero-order valence-electron chi connectivity index (χ0n) is 11.7. The first kappa shape index (κ1) is 15.4. The van der Waals surface area contributed by atoms with E-state index in [1.54, 1.807) is 0 Å². The third-order valence-electron chi connectivity index (χ3n) is 3.13. The number of amides is 1. The number of hydrogen-bond acceptors (Lipinski definition) is 2. The van der Waals surface area contributed by atoms with Gasteiger partial charge in [-0.15, -0.1) is 0 Å². The molecule has 96 valence electrons. The van der Waals surface area contributed by atoms with E-state index in [9.17, 15) is 4.79 Å². The van der Waals surface area contributed by atoms with Crippen molar-refractivity contribution in [2.45, 2.75) is 59.5 Å². The number of nitrogens with zero attached hydrogens (tertiary/aromatic N) is 1. The predicted molar refractivity (Wildman–Crippen MR) is 69.1 cm³/mol. The first-order chi connectivity index (χ1) is 7.25. The van der Waals surface area contributed by atoms with Crippen molar-refractivity contribution in [3.05, 3.63) is 0 Å². The van der Waals surface area contributed by atoms with Crippen LogP contribution in [0.15, 0.2) is 0 Å². The van der Waals surface area contributed by atoms with E-state index in [0.29, 0.717) is 24.3 Å². The molecule has 0 saturated heterocycles. The SMILES string of the molecule is CC(C)CC(C)N(C)C(=O)CC(N)C(C)C. The van der Waals surface area contributed by atoms with Crippen LogP contribution in [-0.2, 0) is 4.79 Å². The van der Waals surface area contributed by atoms with Crippen LogP contribution < -0.4 is 5.73 Å². The van der Waals surface area contributed by atoms with Crippen LogP contribution in [0.3, 0.4) is 0 Å². The average molecular weight is 228 g/mol. The van der Waals surface area contributed by atoms with Gasteiger partial charge in [0.1, 0.15) is 0 Å². The van der Waals surface area contributed by atoms with Crippen LogP contribution in [0.5, 0.6) is 0 Å². The Hall–Kier alpha value is -0.570. The normalized spacial score (nSPS) is 15.3. The molecular formula is C13H28N2O. The van der Waals surface area contributed by atoms with Crippen molar-refractivity contribution in [1.29, 1.82) is 0 Å². The lowest BCUT2D eigenvalue weighted by Gasteiger charge is -2.28. The van der Waals surface area contributed by atoms with Gasteiger partial charge in [0.2, 0.25) is 5.91 Å². The highest BCUT2D eigenvalue weighted by atomic mass is 16.2. The molecule has 0 aromatic carbocycles. The van der Waals surface area contributed by atoms with E-state index >= 15 is 0 Å². The highest BCUT2D eigenvalue weighted by Crippen LogP contribution is 2.12. The molecule has 2 atom stereocenters. The second-order valence-electron chi connectivity index (χ2n) is 5.60. The molecule has 0 radical (unpaired) electrons. The minimum Gasteiger partial charge on any atom is -0.343 e. The predicted octanol–water partition coefficient (Wildman–Crippen LogP) is 2.25. The Morgan fingerprint density at radius 2 is 1.69 bits per heavy atom. The smallest absolute Gasteiger partial charge is 0.224 e. The highest BCUT2D eigenvalue weighted by molar-refractivity contribution is 5.76. The summed E-state index contributed by atoms with van der Waals surface area (Å²) in [6.07, 6.45) is 1.50. The van der Waals surface area contributed by atoms with Crippen LogP contribution >= 0.6 is 0 Å². The number of carbonyl (C=O) groups is 1. The standard InChI is InChI=1S/C13H28N2O/c1-9(2)7-11(5)15(6)13(16)8-12(14)10(3)4/h9-12H,7-8,14H2,1-6H3. The fourth-order valence-corrected chi connectivity index (χ4v) is 1.67. The van der Waals surface area contributed by atoms with Crippen molar-refractivity contribution in [2.24, 2.45) is 17.6 Å². The molecule has 0 aliphatic carbocycles. The average Bonchev–Trinajstić information content (AvgIpc) is 2.14. The van der Waals surface area contributed by atoms with E-state index in [4.69, 9.17) is 5.73 Å². The molecule has 0 spiro atoms. The summed E-state index contributed by atoms with van der Waals surface area (Å²) < 4.78 is 0. The Morgan fingerprint density at radius 1 is 1.19 bits per heavy atom. The summed E-state index contributed by atoms with van der Waals surface area (Å²) in [6, 6.07) is 0.271. The van der Waals surface area contributed by atoms with Gasteiger partial charge in [0.25, 0.3) is 0 Å². The molecule has 16 heavy (non-hydrogen) atoms. The summed E-state index contributed by atoms with van der Waals surface area (Å²) in [5, 5.41) is 0. The van der Waals surface area contributed by atoms with Crippen LogP contribution in [0, 0.1) is 11.8 Å². The van der Waals surface area contributed by atoms with Crippen LogP contribution in [0.25, 0.3) is 0 Å². The lowest BCUT2D eigenvalue weighted by molar-refractivity contribution is -0.132. The fraction of sp³-hybridized carbons (Fsp3) is 0.923. The van der Waals surface area contributed by atoms with Crippen molar-refractivity contribution in [1.82, 2.24) is 4.90 Å². The van der Waals surface area contributed by atoms with Gasteiger partial charge in [0, 0.05) is 25.6 Å². The second-order valence-corrected chi connectivity index (χ2v) is 5.60. The Kier molecular flexibility index (Phi) is 6.65. The second kappa shape index (κ2) is 6.89. The molecule has 0 bridgehead atoms. The summed E-state index contributed by atoms with van der Waals surface area (Å²) in [6.45, 7) is 10.5. The summed E-state index contributed by atoms with van der Waals surface area (Å²) in [5.41, 5.74) is 5.91. The molecule has 3 nitrogen and oxygen atoms in total. The molecule has 0 heterocycles. The number of nitrogens with two attached hydrogens (primary N) is 1. The highest BCUT2D eigenvalue weighted by Gasteiger charge is 2.20. The van der Waals surface area contributed by atoms with E-state index < -0.39 is 0 Å². The summed E-state index contributed by atoms with van der Waals surface area (Å²) >= 11 is 0. The zero-order chi connectivity index (χ0) is 12.9. The number of rotatable bonds is 6. The molecule has 0 saturated carbocycles.